The molecule has 0 unspecified atom stereocenters. The van der Waals surface area contributed by atoms with E-state index >= 15 is 0 Å². The van der Waals surface area contributed by atoms with Gasteiger partial charge in [0.1, 0.15) is 11.4 Å². The number of hydrogen-bond donors (Lipinski definition) is 1. The number of benzene rings is 4. The number of anilines is 1. The maximum Gasteiger partial charge on any atom is 0.282 e. The van der Waals surface area contributed by atoms with E-state index in [-0.39, 0.29) is 23.7 Å². The topological polar surface area (TPSA) is 108 Å². The molecule has 0 aliphatic carbocycles. The van der Waals surface area contributed by atoms with Gasteiger partial charge in [0, 0.05) is 9.86 Å². The van der Waals surface area contributed by atoms with Gasteiger partial charge in [-0.25, -0.2) is 9.37 Å². The van der Waals surface area contributed by atoms with Crippen LogP contribution in [0, 0.1) is 5.82 Å². The number of nitrogens with zero attached hydrogens (tertiary/aromatic N) is 3. The van der Waals surface area contributed by atoms with Crippen LogP contribution in [0.2, 0.25) is 0 Å². The molecule has 0 radical (unpaired) electrons. The van der Waals surface area contributed by atoms with Crippen LogP contribution in [0.4, 0.5) is 10.1 Å². The second-order valence-electron chi connectivity index (χ2n) is 9.56. The van der Waals surface area contributed by atoms with E-state index < -0.39 is 11.7 Å². The monoisotopic (exact) mass is 654 g/mol. The van der Waals surface area contributed by atoms with Gasteiger partial charge in [-0.1, -0.05) is 40.2 Å². The molecule has 6 rings (SSSR count). The van der Waals surface area contributed by atoms with Gasteiger partial charge in [-0.3, -0.25) is 9.59 Å². The van der Waals surface area contributed by atoms with Crippen LogP contribution in [0.1, 0.15) is 12.5 Å². The lowest BCUT2D eigenvalue weighted by Gasteiger charge is -2.13. The molecule has 9 nitrogen and oxygen atoms in total. The lowest BCUT2D eigenvalue weighted by molar-refractivity contribution is -0.118. The summed E-state index contributed by atoms with van der Waals surface area (Å²) in [6.45, 7) is 1.78. The summed E-state index contributed by atoms with van der Waals surface area (Å²) in [5.41, 5.74) is 1.44. The maximum absolute atomic E-state index is 13.9. The zero-order valence-corrected chi connectivity index (χ0v) is 24.9. The number of para-hydroxylation sites is 2. The van der Waals surface area contributed by atoms with Gasteiger partial charge in [-0.05, 0) is 79.2 Å². The normalized spacial score (nSPS) is 11.3. The Labute approximate surface area is 258 Å². The largest absolute Gasteiger partial charge is 0.490 e. The minimum atomic E-state index is -0.545. The highest BCUT2D eigenvalue weighted by molar-refractivity contribution is 9.10. The molecule has 0 aliphatic heterocycles. The van der Waals surface area contributed by atoms with Crippen LogP contribution in [-0.2, 0) is 4.79 Å². The molecule has 44 heavy (non-hydrogen) atoms. The minimum absolute atomic E-state index is 0.0611. The number of ether oxygens (including phenoxy) is 2. The smallest absolute Gasteiger partial charge is 0.282 e. The first kappa shape index (κ1) is 28.8. The molecule has 4 aromatic carbocycles. The molecule has 0 saturated heterocycles. The van der Waals surface area contributed by atoms with Gasteiger partial charge in [0.15, 0.2) is 23.9 Å². The van der Waals surface area contributed by atoms with E-state index in [0.717, 1.165) is 9.86 Å². The van der Waals surface area contributed by atoms with Gasteiger partial charge < -0.3 is 19.2 Å². The first-order valence-corrected chi connectivity index (χ1v) is 14.4. The molecule has 11 heteroatoms. The average molecular weight is 655 g/mol. The van der Waals surface area contributed by atoms with Crippen molar-refractivity contribution in [2.75, 3.05) is 18.5 Å². The fourth-order valence-corrected chi connectivity index (χ4v) is 4.90. The Hall–Kier alpha value is -5.29. The Morgan fingerprint density at radius 2 is 1.84 bits per heavy atom. The highest BCUT2D eigenvalue weighted by Crippen LogP contribution is 2.30. The number of halogens is 2. The van der Waals surface area contributed by atoms with E-state index in [2.05, 4.69) is 26.3 Å². The van der Waals surface area contributed by atoms with Crippen LogP contribution in [-0.4, -0.2) is 35.0 Å². The molecular formula is C33H24BrFN4O5. The Morgan fingerprint density at radius 1 is 1.02 bits per heavy atom. The maximum atomic E-state index is 13.9. The molecular weight excluding hydrogens is 631 g/mol. The van der Waals surface area contributed by atoms with Crippen LogP contribution >= 0.6 is 15.9 Å². The molecule has 6 aromatic rings. The van der Waals surface area contributed by atoms with Crippen molar-refractivity contribution in [3.8, 4) is 23.1 Å². The number of nitrogens with one attached hydrogen (secondary N) is 1. The van der Waals surface area contributed by atoms with E-state index in [0.29, 0.717) is 45.9 Å². The Morgan fingerprint density at radius 3 is 2.68 bits per heavy atom. The molecule has 1 N–H and O–H groups in total. The van der Waals surface area contributed by atoms with Crippen molar-refractivity contribution in [2.45, 2.75) is 6.92 Å². The lowest BCUT2D eigenvalue weighted by Crippen LogP contribution is -2.21. The Bertz CT molecular complexity index is 2110. The summed E-state index contributed by atoms with van der Waals surface area (Å²) < 4.78 is 33.4. The second kappa shape index (κ2) is 12.5. The van der Waals surface area contributed by atoms with Gasteiger partial charge in [0.2, 0.25) is 5.82 Å². The number of hydrogen-bond acceptors (Lipinski definition) is 7. The number of rotatable bonds is 9. The summed E-state index contributed by atoms with van der Waals surface area (Å²) in [6, 6.07) is 25.3. The summed E-state index contributed by atoms with van der Waals surface area (Å²) in [7, 11) is 0. The first-order chi connectivity index (χ1) is 21.4. The number of aromatic nitrogens is 2. The second-order valence-corrected chi connectivity index (χ2v) is 10.5. The SMILES string of the molecule is CCOc1cc(C=Nn2c(-c3cc4cc(Br)ccc4o3)nc3ccccc3c2=O)ccc1OCC(=O)Nc1ccccc1F. The van der Waals surface area contributed by atoms with E-state index in [1.165, 1.54) is 29.1 Å². The van der Waals surface area contributed by atoms with Crippen LogP contribution in [0.15, 0.2) is 110 Å². The summed E-state index contributed by atoms with van der Waals surface area (Å²) in [6.07, 6.45) is 1.50. The van der Waals surface area contributed by atoms with Gasteiger partial charge >= 0.3 is 0 Å². The first-order valence-electron chi connectivity index (χ1n) is 13.6. The fourth-order valence-electron chi connectivity index (χ4n) is 4.52. The summed E-state index contributed by atoms with van der Waals surface area (Å²) in [4.78, 5) is 30.7. The summed E-state index contributed by atoms with van der Waals surface area (Å²) in [5, 5.41) is 8.22. The fraction of sp³-hybridized carbons (Fsp3) is 0.0909. The number of carbonyl (C=O) groups excluding carboxylic acids is 1. The highest BCUT2D eigenvalue weighted by Gasteiger charge is 2.17. The zero-order chi connectivity index (χ0) is 30.6. The highest BCUT2D eigenvalue weighted by atomic mass is 79.9. The predicted molar refractivity (Wildman–Crippen MR) is 170 cm³/mol. The van der Waals surface area contributed by atoms with Gasteiger partial charge in [0.25, 0.3) is 11.5 Å². The molecule has 0 spiro atoms. The minimum Gasteiger partial charge on any atom is -0.490 e. The molecule has 0 aliphatic rings. The standard InChI is InChI=1S/C33H24BrFN4O5/c1-2-42-29-15-20(11-13-28(29)43-19-31(40)37-26-10-6-4-8-24(26)35)18-36-39-32(38-25-9-5-3-7-23(25)33(39)41)30-17-21-16-22(34)12-14-27(21)44-30/h3-18H,2,19H2,1H3,(H,37,40). The number of fused-ring (bicyclic) bond motifs is 2. The lowest BCUT2D eigenvalue weighted by atomic mass is 10.2. The average Bonchev–Trinajstić information content (AvgIpc) is 3.44. The van der Waals surface area contributed by atoms with Crippen molar-refractivity contribution in [1.29, 1.82) is 0 Å². The van der Waals surface area contributed by atoms with E-state index in [9.17, 15) is 14.0 Å². The van der Waals surface area contributed by atoms with Crippen molar-refractivity contribution in [3.05, 3.63) is 117 Å². The third-order valence-electron chi connectivity index (χ3n) is 6.55. The number of amides is 1. The molecule has 2 heterocycles. The van der Waals surface area contributed by atoms with E-state index in [4.69, 9.17) is 18.9 Å². The third kappa shape index (κ3) is 6.09. The molecule has 0 fully saturated rings. The van der Waals surface area contributed by atoms with Crippen LogP contribution in [0.5, 0.6) is 11.5 Å². The van der Waals surface area contributed by atoms with Crippen molar-refractivity contribution >= 4 is 55.6 Å². The summed E-state index contributed by atoms with van der Waals surface area (Å²) >= 11 is 3.47. The van der Waals surface area contributed by atoms with E-state index in [1.54, 1.807) is 42.5 Å². The molecule has 220 valence electrons. The predicted octanol–water partition coefficient (Wildman–Crippen LogP) is 7.01. The number of carbonyl (C=O) groups is 1. The van der Waals surface area contributed by atoms with Crippen molar-refractivity contribution in [1.82, 2.24) is 9.66 Å². The zero-order valence-electron chi connectivity index (χ0n) is 23.3. The van der Waals surface area contributed by atoms with Gasteiger partial charge in [0.05, 0.1) is 29.4 Å². The third-order valence-corrected chi connectivity index (χ3v) is 7.04. The quantitative estimate of drug-likeness (QED) is 0.168. The summed E-state index contributed by atoms with van der Waals surface area (Å²) in [5.74, 6) is 0.218. The van der Waals surface area contributed by atoms with Crippen molar-refractivity contribution in [3.63, 3.8) is 0 Å². The van der Waals surface area contributed by atoms with Crippen molar-refractivity contribution < 1.29 is 23.1 Å². The molecule has 2 aromatic heterocycles. The van der Waals surface area contributed by atoms with Crippen molar-refractivity contribution in [2.24, 2.45) is 5.10 Å². The van der Waals surface area contributed by atoms with Gasteiger partial charge in [-0.2, -0.15) is 9.78 Å². The number of furan rings is 1. The van der Waals surface area contributed by atoms with E-state index in [1.807, 2.05) is 37.3 Å². The molecule has 0 atom stereocenters. The Balaban J connectivity index is 1.30. The van der Waals surface area contributed by atoms with Crippen LogP contribution in [0.25, 0.3) is 33.5 Å². The molecule has 1 amide bonds. The van der Waals surface area contributed by atoms with Gasteiger partial charge in [-0.15, -0.1) is 0 Å². The molecule has 0 saturated carbocycles. The Kier molecular flexibility index (Phi) is 8.20. The van der Waals surface area contributed by atoms with Crippen LogP contribution < -0.4 is 20.3 Å². The van der Waals surface area contributed by atoms with Crippen LogP contribution in [0.3, 0.4) is 0 Å². The molecule has 0 bridgehead atoms.